The molecule has 0 radical (unpaired) electrons. The van der Waals surface area contributed by atoms with E-state index in [9.17, 15) is 4.79 Å². The average molecular weight is 375 g/mol. The molecule has 1 aromatic carbocycles. The Balaban J connectivity index is 1.80. The number of amides is 1. The summed E-state index contributed by atoms with van der Waals surface area (Å²) in [6.07, 6.45) is 3.34. The summed E-state index contributed by atoms with van der Waals surface area (Å²) >= 11 is 3.41. The summed E-state index contributed by atoms with van der Waals surface area (Å²) in [7, 11) is 0. The number of benzene rings is 1. The minimum Gasteiger partial charge on any atom is -0.337 e. The van der Waals surface area contributed by atoms with Crippen molar-refractivity contribution in [2.75, 3.05) is 18.4 Å². The van der Waals surface area contributed by atoms with Gasteiger partial charge in [-0.2, -0.15) is 0 Å². The SMILES string of the molecule is Cc1cc(C(=O)N2CCCCC2)nc(Nc2ccc(Br)cc2)n1. The molecular weight excluding hydrogens is 356 g/mol. The van der Waals surface area contributed by atoms with E-state index >= 15 is 0 Å². The second-order valence-corrected chi connectivity index (χ2v) is 6.62. The van der Waals surface area contributed by atoms with Crippen molar-refractivity contribution in [3.8, 4) is 0 Å². The van der Waals surface area contributed by atoms with Crippen molar-refractivity contribution in [3.63, 3.8) is 0 Å². The zero-order chi connectivity index (χ0) is 16.2. The number of hydrogen-bond acceptors (Lipinski definition) is 4. The van der Waals surface area contributed by atoms with Crippen molar-refractivity contribution in [1.82, 2.24) is 14.9 Å². The zero-order valence-corrected chi connectivity index (χ0v) is 14.6. The molecular formula is C17H19BrN4O. The Morgan fingerprint density at radius 1 is 1.13 bits per heavy atom. The number of rotatable bonds is 3. The number of aromatic nitrogens is 2. The van der Waals surface area contributed by atoms with E-state index in [0.717, 1.165) is 41.8 Å². The van der Waals surface area contributed by atoms with Crippen molar-refractivity contribution in [1.29, 1.82) is 0 Å². The molecule has 0 atom stereocenters. The maximum absolute atomic E-state index is 12.6. The molecule has 1 saturated heterocycles. The quantitative estimate of drug-likeness (QED) is 0.884. The van der Waals surface area contributed by atoms with Crippen LogP contribution in [0, 0.1) is 6.92 Å². The second-order valence-electron chi connectivity index (χ2n) is 5.70. The van der Waals surface area contributed by atoms with Gasteiger partial charge in [-0.25, -0.2) is 9.97 Å². The molecule has 0 saturated carbocycles. The van der Waals surface area contributed by atoms with Gasteiger partial charge in [0.25, 0.3) is 5.91 Å². The largest absolute Gasteiger partial charge is 0.337 e. The van der Waals surface area contributed by atoms with Crippen LogP contribution in [0.1, 0.15) is 35.4 Å². The molecule has 6 heteroatoms. The van der Waals surface area contributed by atoms with E-state index in [-0.39, 0.29) is 5.91 Å². The zero-order valence-electron chi connectivity index (χ0n) is 13.1. The van der Waals surface area contributed by atoms with Gasteiger partial charge in [0.1, 0.15) is 5.69 Å². The lowest BCUT2D eigenvalue weighted by Crippen LogP contribution is -2.36. The lowest BCUT2D eigenvalue weighted by molar-refractivity contribution is 0.0718. The molecule has 0 unspecified atom stereocenters. The third-order valence-electron chi connectivity index (χ3n) is 3.82. The molecule has 1 N–H and O–H groups in total. The van der Waals surface area contributed by atoms with Crippen LogP contribution in [-0.4, -0.2) is 33.9 Å². The van der Waals surface area contributed by atoms with Crippen molar-refractivity contribution in [2.45, 2.75) is 26.2 Å². The molecule has 3 rings (SSSR count). The van der Waals surface area contributed by atoms with Crippen LogP contribution in [-0.2, 0) is 0 Å². The van der Waals surface area contributed by atoms with Gasteiger partial charge in [0.05, 0.1) is 0 Å². The molecule has 23 heavy (non-hydrogen) atoms. The molecule has 0 bridgehead atoms. The predicted molar refractivity (Wildman–Crippen MR) is 93.9 cm³/mol. The van der Waals surface area contributed by atoms with Crippen LogP contribution < -0.4 is 5.32 Å². The normalized spacial score (nSPS) is 14.6. The number of nitrogens with one attached hydrogen (secondary N) is 1. The minimum atomic E-state index is -0.00550. The number of nitrogens with zero attached hydrogens (tertiary/aromatic N) is 3. The highest BCUT2D eigenvalue weighted by Crippen LogP contribution is 2.18. The first-order chi connectivity index (χ1) is 11.1. The standard InChI is InChI=1S/C17H19BrN4O/c1-12-11-15(16(23)22-9-3-2-4-10-22)21-17(19-12)20-14-7-5-13(18)6-8-14/h5-8,11H,2-4,9-10H2,1H3,(H,19,20,21). The van der Waals surface area contributed by atoms with E-state index in [1.54, 1.807) is 6.07 Å². The third-order valence-corrected chi connectivity index (χ3v) is 4.35. The fraction of sp³-hybridized carbons (Fsp3) is 0.353. The number of piperidine rings is 1. The third kappa shape index (κ3) is 4.07. The van der Waals surface area contributed by atoms with E-state index in [1.807, 2.05) is 36.1 Å². The summed E-state index contributed by atoms with van der Waals surface area (Å²) in [5.74, 6) is 0.446. The molecule has 5 nitrogen and oxygen atoms in total. The smallest absolute Gasteiger partial charge is 0.272 e. The van der Waals surface area contributed by atoms with Crippen molar-refractivity contribution in [2.24, 2.45) is 0 Å². The Labute approximate surface area is 144 Å². The van der Waals surface area contributed by atoms with Crippen LogP contribution >= 0.6 is 15.9 Å². The second kappa shape index (κ2) is 7.08. The first-order valence-electron chi connectivity index (χ1n) is 7.79. The molecule has 1 aromatic heterocycles. The maximum atomic E-state index is 12.6. The number of carbonyl (C=O) groups excluding carboxylic acids is 1. The molecule has 0 spiro atoms. The van der Waals surface area contributed by atoms with Gasteiger partial charge in [0, 0.05) is 28.9 Å². The van der Waals surface area contributed by atoms with Gasteiger partial charge in [-0.3, -0.25) is 4.79 Å². The Morgan fingerprint density at radius 2 is 1.83 bits per heavy atom. The number of aryl methyl sites for hydroxylation is 1. The van der Waals surface area contributed by atoms with Crippen LogP contribution in [0.5, 0.6) is 0 Å². The van der Waals surface area contributed by atoms with Gasteiger partial charge in [-0.05, 0) is 56.5 Å². The Kier molecular flexibility index (Phi) is 4.91. The number of anilines is 2. The van der Waals surface area contributed by atoms with E-state index in [1.165, 1.54) is 6.42 Å². The molecule has 2 heterocycles. The molecule has 1 amide bonds. The van der Waals surface area contributed by atoms with Crippen LogP contribution in [0.15, 0.2) is 34.8 Å². The van der Waals surface area contributed by atoms with E-state index in [4.69, 9.17) is 0 Å². The van der Waals surface area contributed by atoms with E-state index in [2.05, 4.69) is 31.2 Å². The van der Waals surface area contributed by atoms with Crippen molar-refractivity contribution >= 4 is 33.5 Å². The number of carbonyl (C=O) groups is 1. The van der Waals surface area contributed by atoms with Gasteiger partial charge in [-0.15, -0.1) is 0 Å². The number of hydrogen-bond donors (Lipinski definition) is 1. The molecule has 120 valence electrons. The lowest BCUT2D eigenvalue weighted by atomic mass is 10.1. The summed E-state index contributed by atoms with van der Waals surface area (Å²) < 4.78 is 1.01. The van der Waals surface area contributed by atoms with Crippen LogP contribution in [0.4, 0.5) is 11.6 Å². The van der Waals surface area contributed by atoms with Gasteiger partial charge >= 0.3 is 0 Å². The molecule has 1 aliphatic heterocycles. The molecule has 1 aliphatic rings. The summed E-state index contributed by atoms with van der Waals surface area (Å²) in [4.78, 5) is 23.3. The molecule has 0 aliphatic carbocycles. The highest BCUT2D eigenvalue weighted by Gasteiger charge is 2.20. The Hall–Kier alpha value is -1.95. The van der Waals surface area contributed by atoms with Gasteiger partial charge in [0.15, 0.2) is 0 Å². The predicted octanol–water partition coefficient (Wildman–Crippen LogP) is 3.92. The van der Waals surface area contributed by atoms with Gasteiger partial charge < -0.3 is 10.2 Å². The van der Waals surface area contributed by atoms with Crippen molar-refractivity contribution < 1.29 is 4.79 Å². The highest BCUT2D eigenvalue weighted by molar-refractivity contribution is 9.10. The Morgan fingerprint density at radius 3 is 2.52 bits per heavy atom. The van der Waals surface area contributed by atoms with Crippen LogP contribution in [0.25, 0.3) is 0 Å². The first kappa shape index (κ1) is 15.9. The van der Waals surface area contributed by atoms with E-state index < -0.39 is 0 Å². The molecule has 2 aromatic rings. The fourth-order valence-corrected chi connectivity index (χ4v) is 2.92. The first-order valence-corrected chi connectivity index (χ1v) is 8.59. The topological polar surface area (TPSA) is 58.1 Å². The highest BCUT2D eigenvalue weighted by atomic mass is 79.9. The van der Waals surface area contributed by atoms with Crippen LogP contribution in [0.2, 0.25) is 0 Å². The summed E-state index contributed by atoms with van der Waals surface area (Å²) in [5.41, 5.74) is 2.12. The average Bonchev–Trinajstić information content (AvgIpc) is 2.56. The van der Waals surface area contributed by atoms with Gasteiger partial charge in [-0.1, -0.05) is 15.9 Å². The minimum absolute atomic E-state index is 0.00550. The summed E-state index contributed by atoms with van der Waals surface area (Å²) in [6.45, 7) is 3.51. The lowest BCUT2D eigenvalue weighted by Gasteiger charge is -2.26. The maximum Gasteiger partial charge on any atom is 0.272 e. The van der Waals surface area contributed by atoms with Gasteiger partial charge in [0.2, 0.25) is 5.95 Å². The number of likely N-dealkylation sites (tertiary alicyclic amines) is 1. The van der Waals surface area contributed by atoms with Crippen LogP contribution in [0.3, 0.4) is 0 Å². The fourth-order valence-electron chi connectivity index (χ4n) is 2.66. The summed E-state index contributed by atoms with van der Waals surface area (Å²) in [5, 5.41) is 3.16. The van der Waals surface area contributed by atoms with Crippen molar-refractivity contribution in [3.05, 3.63) is 46.2 Å². The van der Waals surface area contributed by atoms with E-state index in [0.29, 0.717) is 11.6 Å². The molecule has 1 fully saturated rings. The Bertz CT molecular complexity index is 696. The summed E-state index contributed by atoms with van der Waals surface area (Å²) in [6, 6.07) is 9.50. The number of halogens is 1. The monoisotopic (exact) mass is 374 g/mol.